The Labute approximate surface area is 145 Å². The number of hydrogen-bond acceptors (Lipinski definition) is 5. The van der Waals surface area contributed by atoms with Gasteiger partial charge < -0.3 is 10.1 Å². The lowest BCUT2D eigenvalue weighted by Crippen LogP contribution is -2.17. The Bertz CT molecular complexity index is 952. The van der Waals surface area contributed by atoms with E-state index in [0.29, 0.717) is 16.8 Å². The third kappa shape index (κ3) is 4.23. The van der Waals surface area contributed by atoms with Crippen molar-refractivity contribution < 1.29 is 22.7 Å². The number of ether oxygens (including phenoxy) is 1. The topological polar surface area (TPSA) is 116 Å². The van der Waals surface area contributed by atoms with Crippen LogP contribution in [0.3, 0.4) is 0 Å². The largest absolute Gasteiger partial charge is 0.465 e. The van der Waals surface area contributed by atoms with Crippen molar-refractivity contribution in [1.82, 2.24) is 0 Å². The monoisotopic (exact) mass is 362 g/mol. The van der Waals surface area contributed by atoms with Gasteiger partial charge in [-0.3, -0.25) is 4.79 Å². The molecular formula is C17H18N2O5S. The second-order valence-corrected chi connectivity index (χ2v) is 7.05. The van der Waals surface area contributed by atoms with Gasteiger partial charge in [-0.25, -0.2) is 18.4 Å². The number of carbonyl (C=O) groups excluding carboxylic acids is 2. The maximum Gasteiger partial charge on any atom is 0.337 e. The summed E-state index contributed by atoms with van der Waals surface area (Å²) in [6.07, 6.45) is 0. The van der Waals surface area contributed by atoms with E-state index in [9.17, 15) is 18.0 Å². The quantitative estimate of drug-likeness (QED) is 0.807. The second kappa shape index (κ2) is 7.04. The Morgan fingerprint density at radius 1 is 1.08 bits per heavy atom. The summed E-state index contributed by atoms with van der Waals surface area (Å²) in [7, 11) is -2.65. The fourth-order valence-electron chi connectivity index (χ4n) is 2.22. The van der Waals surface area contributed by atoms with Crippen LogP contribution >= 0.6 is 0 Å². The number of sulfonamides is 1. The van der Waals surface area contributed by atoms with Crippen LogP contribution in [0.5, 0.6) is 0 Å². The van der Waals surface area contributed by atoms with Gasteiger partial charge in [-0.05, 0) is 55.3 Å². The number of primary sulfonamides is 1. The molecular weight excluding hydrogens is 344 g/mol. The first-order chi connectivity index (χ1) is 11.6. The van der Waals surface area contributed by atoms with Crippen LogP contribution in [0, 0.1) is 13.8 Å². The molecule has 0 bridgehead atoms. The molecule has 0 aromatic heterocycles. The van der Waals surface area contributed by atoms with Gasteiger partial charge in [0.2, 0.25) is 10.0 Å². The molecule has 0 saturated carbocycles. The van der Waals surface area contributed by atoms with Crippen LogP contribution in [-0.4, -0.2) is 27.4 Å². The van der Waals surface area contributed by atoms with Gasteiger partial charge in [0.15, 0.2) is 0 Å². The first kappa shape index (κ1) is 18.6. The first-order valence-corrected chi connectivity index (χ1v) is 8.82. The minimum Gasteiger partial charge on any atom is -0.465 e. The zero-order valence-electron chi connectivity index (χ0n) is 14.0. The zero-order valence-corrected chi connectivity index (χ0v) is 14.8. The fourth-order valence-corrected chi connectivity index (χ4v) is 2.84. The Balaban J connectivity index is 2.38. The average Bonchev–Trinajstić information content (AvgIpc) is 2.57. The number of methoxy groups -OCH3 is 1. The predicted octanol–water partition coefficient (Wildman–Crippen LogP) is 1.99. The number of hydrogen-bond donors (Lipinski definition) is 2. The molecule has 2 aromatic carbocycles. The van der Waals surface area contributed by atoms with Gasteiger partial charge in [0.05, 0.1) is 17.6 Å². The van der Waals surface area contributed by atoms with Crippen LogP contribution in [0.15, 0.2) is 41.3 Å². The number of esters is 1. The Morgan fingerprint density at radius 3 is 2.32 bits per heavy atom. The summed E-state index contributed by atoms with van der Waals surface area (Å²) in [6.45, 7) is 3.47. The number of aryl methyl sites for hydroxylation is 1. The molecule has 3 N–H and O–H groups in total. The zero-order chi connectivity index (χ0) is 18.8. The second-order valence-electron chi connectivity index (χ2n) is 5.48. The molecule has 0 aliphatic carbocycles. The van der Waals surface area contributed by atoms with Gasteiger partial charge in [-0.2, -0.15) is 0 Å². The van der Waals surface area contributed by atoms with Crippen molar-refractivity contribution in [2.75, 3.05) is 12.4 Å². The molecule has 0 unspecified atom stereocenters. The van der Waals surface area contributed by atoms with Gasteiger partial charge in [0, 0.05) is 11.3 Å². The summed E-state index contributed by atoms with van der Waals surface area (Å²) in [6, 6.07) is 8.76. The van der Waals surface area contributed by atoms with Crippen LogP contribution in [0.25, 0.3) is 0 Å². The van der Waals surface area contributed by atoms with E-state index in [1.807, 2.05) is 0 Å². The summed E-state index contributed by atoms with van der Waals surface area (Å²) in [5.41, 5.74) is 2.19. The number of carbonyl (C=O) groups is 2. The van der Waals surface area contributed by atoms with E-state index < -0.39 is 21.9 Å². The van der Waals surface area contributed by atoms with Crippen molar-refractivity contribution in [2.45, 2.75) is 18.7 Å². The molecule has 0 fully saturated rings. The molecule has 0 aliphatic heterocycles. The molecule has 0 saturated heterocycles. The van der Waals surface area contributed by atoms with Gasteiger partial charge in [0.25, 0.3) is 5.91 Å². The Morgan fingerprint density at radius 2 is 1.72 bits per heavy atom. The highest BCUT2D eigenvalue weighted by Gasteiger charge is 2.16. The van der Waals surface area contributed by atoms with Gasteiger partial charge in [0.1, 0.15) is 0 Å². The molecule has 2 aromatic rings. The molecule has 8 heteroatoms. The highest BCUT2D eigenvalue weighted by Crippen LogP contribution is 2.24. The minimum absolute atomic E-state index is 0.0887. The van der Waals surface area contributed by atoms with E-state index in [2.05, 4.69) is 10.1 Å². The lowest BCUT2D eigenvalue weighted by Gasteiger charge is -2.13. The van der Waals surface area contributed by atoms with Crippen LogP contribution in [-0.2, 0) is 14.8 Å². The fraction of sp³-hybridized carbons (Fsp3) is 0.176. The van der Waals surface area contributed by atoms with Crippen molar-refractivity contribution in [3.63, 3.8) is 0 Å². The standard InChI is InChI=1S/C17H18N2O5S/c1-10-7-14(25(18,22)23)9-15(11(10)2)19-16(20)12-5-4-6-13(8-12)17(21)24-3/h4-9H,1-3H3,(H,19,20)(H2,18,22,23). The van der Waals surface area contributed by atoms with Gasteiger partial charge in [-0.1, -0.05) is 6.07 Å². The normalized spacial score (nSPS) is 11.0. The van der Waals surface area contributed by atoms with E-state index in [1.165, 1.54) is 37.4 Å². The number of nitrogens with one attached hydrogen (secondary N) is 1. The van der Waals surface area contributed by atoms with Crippen molar-refractivity contribution in [1.29, 1.82) is 0 Å². The molecule has 1 amide bonds. The minimum atomic E-state index is -3.90. The molecule has 2 rings (SSSR count). The van der Waals surface area contributed by atoms with Crippen LogP contribution in [0.1, 0.15) is 31.8 Å². The number of nitrogens with two attached hydrogens (primary N) is 1. The summed E-state index contributed by atoms with van der Waals surface area (Å²) in [5.74, 6) is -1.04. The van der Waals surface area contributed by atoms with E-state index in [-0.39, 0.29) is 16.0 Å². The third-order valence-electron chi connectivity index (χ3n) is 3.76. The highest BCUT2D eigenvalue weighted by atomic mass is 32.2. The summed E-state index contributed by atoms with van der Waals surface area (Å²) < 4.78 is 27.8. The molecule has 25 heavy (non-hydrogen) atoms. The van der Waals surface area contributed by atoms with Crippen molar-refractivity contribution in [3.05, 3.63) is 58.7 Å². The van der Waals surface area contributed by atoms with Crippen LogP contribution < -0.4 is 10.5 Å². The number of rotatable bonds is 4. The molecule has 132 valence electrons. The number of benzene rings is 2. The van der Waals surface area contributed by atoms with Crippen molar-refractivity contribution >= 4 is 27.6 Å². The van der Waals surface area contributed by atoms with Crippen molar-refractivity contribution in [3.8, 4) is 0 Å². The van der Waals surface area contributed by atoms with Crippen LogP contribution in [0.4, 0.5) is 5.69 Å². The van der Waals surface area contributed by atoms with Gasteiger partial charge in [-0.15, -0.1) is 0 Å². The average molecular weight is 362 g/mol. The highest BCUT2D eigenvalue weighted by molar-refractivity contribution is 7.89. The lowest BCUT2D eigenvalue weighted by molar-refractivity contribution is 0.0600. The SMILES string of the molecule is COC(=O)c1cccc(C(=O)Nc2cc(S(N)(=O)=O)cc(C)c2C)c1. The van der Waals surface area contributed by atoms with Crippen LogP contribution in [0.2, 0.25) is 0 Å². The smallest absolute Gasteiger partial charge is 0.337 e. The molecule has 0 aliphatic rings. The molecule has 7 nitrogen and oxygen atoms in total. The third-order valence-corrected chi connectivity index (χ3v) is 4.66. The van der Waals surface area contributed by atoms with E-state index >= 15 is 0 Å². The molecule has 0 radical (unpaired) electrons. The molecule has 0 heterocycles. The van der Waals surface area contributed by atoms with E-state index in [0.717, 1.165) is 0 Å². The maximum absolute atomic E-state index is 12.5. The molecule has 0 spiro atoms. The van der Waals surface area contributed by atoms with Gasteiger partial charge >= 0.3 is 5.97 Å². The summed E-state index contributed by atoms with van der Waals surface area (Å²) >= 11 is 0. The summed E-state index contributed by atoms with van der Waals surface area (Å²) in [4.78, 5) is 23.9. The number of anilines is 1. The van der Waals surface area contributed by atoms with E-state index in [1.54, 1.807) is 19.9 Å². The molecule has 0 atom stereocenters. The van der Waals surface area contributed by atoms with Crippen molar-refractivity contribution in [2.24, 2.45) is 5.14 Å². The summed E-state index contributed by atoms with van der Waals surface area (Å²) in [5, 5.41) is 7.82. The Hall–Kier alpha value is -2.71. The van der Waals surface area contributed by atoms with E-state index in [4.69, 9.17) is 5.14 Å². The first-order valence-electron chi connectivity index (χ1n) is 7.27. The Kier molecular flexibility index (Phi) is 5.24. The number of amides is 1. The predicted molar refractivity (Wildman–Crippen MR) is 93.0 cm³/mol. The maximum atomic E-state index is 12.5. The lowest BCUT2D eigenvalue weighted by atomic mass is 10.1.